The number of carbonyl (C=O) groups excluding carboxylic acids is 1. The summed E-state index contributed by atoms with van der Waals surface area (Å²) in [6.45, 7) is 4.13. The molecule has 0 saturated carbocycles. The molecule has 0 fully saturated rings. The summed E-state index contributed by atoms with van der Waals surface area (Å²) in [7, 11) is 0. The van der Waals surface area contributed by atoms with Crippen LogP contribution in [0.25, 0.3) is 0 Å². The number of hydrogen-bond donors (Lipinski definition) is 2. The lowest BCUT2D eigenvalue weighted by Crippen LogP contribution is -2.28. The zero-order valence-electron chi connectivity index (χ0n) is 9.23. The Morgan fingerprint density at radius 3 is 2.62 bits per heavy atom. The second kappa shape index (κ2) is 5.24. The lowest BCUT2D eigenvalue weighted by molar-refractivity contribution is -0.121. The van der Waals surface area contributed by atoms with Crippen LogP contribution < -0.4 is 5.32 Å². The van der Waals surface area contributed by atoms with Gasteiger partial charge >= 0.3 is 5.97 Å². The molecular weight excluding hydrogens is 212 g/mol. The second-order valence-corrected chi connectivity index (χ2v) is 3.15. The van der Waals surface area contributed by atoms with Crippen LogP contribution in [0.1, 0.15) is 30.0 Å². The standard InChI is InChI=1S/C9H14N4O3/c1-3-6-8(9(15)16)11-12-13(6)5-7(14)10-4-2/h3-5H2,1-2H3,(H,10,14)(H,15,16). The largest absolute Gasteiger partial charge is 0.476 e. The van der Waals surface area contributed by atoms with Gasteiger partial charge in [0.05, 0.1) is 5.69 Å². The van der Waals surface area contributed by atoms with Gasteiger partial charge in [0.25, 0.3) is 0 Å². The highest BCUT2D eigenvalue weighted by Gasteiger charge is 2.18. The minimum Gasteiger partial charge on any atom is -0.476 e. The van der Waals surface area contributed by atoms with Crippen molar-refractivity contribution in [3.8, 4) is 0 Å². The van der Waals surface area contributed by atoms with Gasteiger partial charge in [-0.05, 0) is 13.3 Å². The summed E-state index contributed by atoms with van der Waals surface area (Å²) in [5.74, 6) is -1.34. The smallest absolute Gasteiger partial charge is 0.358 e. The summed E-state index contributed by atoms with van der Waals surface area (Å²) in [6.07, 6.45) is 0.466. The Hall–Kier alpha value is -1.92. The number of carboxylic acids is 1. The molecule has 0 aliphatic heterocycles. The zero-order valence-corrected chi connectivity index (χ0v) is 9.23. The Bertz CT molecular complexity index is 399. The van der Waals surface area contributed by atoms with Crippen LogP contribution in [0.2, 0.25) is 0 Å². The van der Waals surface area contributed by atoms with Crippen molar-refractivity contribution in [1.29, 1.82) is 0 Å². The van der Waals surface area contributed by atoms with Crippen molar-refractivity contribution in [2.24, 2.45) is 0 Å². The molecule has 1 aromatic heterocycles. The molecule has 0 atom stereocenters. The van der Waals surface area contributed by atoms with E-state index in [2.05, 4.69) is 15.6 Å². The molecule has 7 heteroatoms. The van der Waals surface area contributed by atoms with Gasteiger partial charge < -0.3 is 10.4 Å². The van der Waals surface area contributed by atoms with Crippen molar-refractivity contribution in [2.75, 3.05) is 6.54 Å². The summed E-state index contributed by atoms with van der Waals surface area (Å²) in [6, 6.07) is 0. The van der Waals surface area contributed by atoms with E-state index < -0.39 is 5.97 Å². The average Bonchev–Trinajstić information content (AvgIpc) is 2.61. The van der Waals surface area contributed by atoms with E-state index in [-0.39, 0.29) is 18.1 Å². The number of amides is 1. The van der Waals surface area contributed by atoms with E-state index in [0.717, 1.165) is 0 Å². The number of likely N-dealkylation sites (N-methyl/N-ethyl adjacent to an activating group) is 1. The Morgan fingerprint density at radius 2 is 2.12 bits per heavy atom. The highest BCUT2D eigenvalue weighted by molar-refractivity contribution is 5.86. The van der Waals surface area contributed by atoms with E-state index in [1.807, 2.05) is 6.92 Å². The van der Waals surface area contributed by atoms with Gasteiger partial charge in [-0.3, -0.25) is 4.79 Å². The molecule has 0 spiro atoms. The van der Waals surface area contributed by atoms with Gasteiger partial charge in [-0.15, -0.1) is 5.10 Å². The summed E-state index contributed by atoms with van der Waals surface area (Å²) < 4.78 is 1.31. The van der Waals surface area contributed by atoms with Gasteiger partial charge in [0.1, 0.15) is 6.54 Å². The number of hydrogen-bond acceptors (Lipinski definition) is 4. The highest BCUT2D eigenvalue weighted by atomic mass is 16.4. The molecule has 1 heterocycles. The Balaban J connectivity index is 2.88. The molecule has 0 unspecified atom stereocenters. The summed E-state index contributed by atoms with van der Waals surface area (Å²) in [5, 5.41) is 18.6. The highest BCUT2D eigenvalue weighted by Crippen LogP contribution is 2.06. The molecule has 0 aliphatic rings. The number of carbonyl (C=O) groups is 2. The third-order valence-electron chi connectivity index (χ3n) is 2.04. The van der Waals surface area contributed by atoms with Gasteiger partial charge in [0.15, 0.2) is 5.69 Å². The van der Waals surface area contributed by atoms with Crippen molar-refractivity contribution >= 4 is 11.9 Å². The maximum absolute atomic E-state index is 11.3. The molecule has 0 radical (unpaired) electrons. The monoisotopic (exact) mass is 226 g/mol. The van der Waals surface area contributed by atoms with Crippen LogP contribution in [-0.4, -0.2) is 38.5 Å². The Labute approximate surface area is 92.4 Å². The topological polar surface area (TPSA) is 97.1 Å². The minimum atomic E-state index is -1.13. The molecule has 0 aromatic carbocycles. The molecule has 16 heavy (non-hydrogen) atoms. The van der Waals surface area contributed by atoms with E-state index in [4.69, 9.17) is 5.11 Å². The first-order chi connectivity index (χ1) is 7.60. The van der Waals surface area contributed by atoms with E-state index >= 15 is 0 Å². The first-order valence-electron chi connectivity index (χ1n) is 5.02. The number of carboxylic acid groups (broad SMARTS) is 1. The summed E-state index contributed by atoms with van der Waals surface area (Å²) in [4.78, 5) is 22.1. The first-order valence-corrected chi connectivity index (χ1v) is 5.02. The molecule has 0 aliphatic carbocycles. The van der Waals surface area contributed by atoms with Crippen molar-refractivity contribution in [3.63, 3.8) is 0 Å². The van der Waals surface area contributed by atoms with Crippen LogP contribution in [0.3, 0.4) is 0 Å². The van der Waals surface area contributed by atoms with E-state index in [1.54, 1.807) is 6.92 Å². The summed E-state index contributed by atoms with van der Waals surface area (Å²) in [5.41, 5.74) is 0.366. The van der Waals surface area contributed by atoms with Crippen LogP contribution in [-0.2, 0) is 17.8 Å². The number of aromatic nitrogens is 3. The average molecular weight is 226 g/mol. The fraction of sp³-hybridized carbons (Fsp3) is 0.556. The van der Waals surface area contributed by atoms with Gasteiger partial charge in [-0.2, -0.15) is 0 Å². The van der Waals surface area contributed by atoms with Crippen molar-refractivity contribution in [2.45, 2.75) is 26.8 Å². The van der Waals surface area contributed by atoms with E-state index in [9.17, 15) is 9.59 Å². The second-order valence-electron chi connectivity index (χ2n) is 3.15. The zero-order chi connectivity index (χ0) is 12.1. The fourth-order valence-electron chi connectivity index (χ4n) is 1.36. The first kappa shape index (κ1) is 12.2. The van der Waals surface area contributed by atoms with Crippen molar-refractivity contribution < 1.29 is 14.7 Å². The third-order valence-corrected chi connectivity index (χ3v) is 2.04. The van der Waals surface area contributed by atoms with Crippen molar-refractivity contribution in [3.05, 3.63) is 11.4 Å². The number of nitrogens with one attached hydrogen (secondary N) is 1. The van der Waals surface area contributed by atoms with E-state index in [1.165, 1.54) is 4.68 Å². The number of nitrogens with zero attached hydrogens (tertiary/aromatic N) is 3. The van der Waals surface area contributed by atoms with Crippen LogP contribution in [0.5, 0.6) is 0 Å². The normalized spacial score (nSPS) is 10.1. The fourth-order valence-corrected chi connectivity index (χ4v) is 1.36. The predicted octanol–water partition coefficient (Wildman–Crippen LogP) is -0.325. The molecule has 1 amide bonds. The Morgan fingerprint density at radius 1 is 1.44 bits per heavy atom. The predicted molar refractivity (Wildman–Crippen MR) is 55.0 cm³/mol. The van der Waals surface area contributed by atoms with Crippen LogP contribution >= 0.6 is 0 Å². The molecule has 88 valence electrons. The maximum Gasteiger partial charge on any atom is 0.358 e. The van der Waals surface area contributed by atoms with Gasteiger partial charge in [-0.1, -0.05) is 12.1 Å². The molecule has 7 nitrogen and oxygen atoms in total. The lowest BCUT2D eigenvalue weighted by atomic mass is 10.2. The van der Waals surface area contributed by atoms with Crippen LogP contribution in [0.4, 0.5) is 0 Å². The molecular formula is C9H14N4O3. The number of rotatable bonds is 5. The molecule has 0 saturated heterocycles. The van der Waals surface area contributed by atoms with Crippen LogP contribution in [0.15, 0.2) is 0 Å². The van der Waals surface area contributed by atoms with E-state index in [0.29, 0.717) is 18.7 Å². The van der Waals surface area contributed by atoms with Gasteiger partial charge in [-0.25, -0.2) is 9.48 Å². The summed E-state index contributed by atoms with van der Waals surface area (Å²) >= 11 is 0. The molecule has 1 rings (SSSR count). The third kappa shape index (κ3) is 2.56. The van der Waals surface area contributed by atoms with Crippen LogP contribution in [0, 0.1) is 0 Å². The maximum atomic E-state index is 11.3. The SMILES string of the molecule is CCNC(=O)Cn1nnc(C(=O)O)c1CC. The Kier molecular flexibility index (Phi) is 3.98. The minimum absolute atomic E-state index is 0.00269. The number of aromatic carboxylic acids is 1. The molecule has 2 N–H and O–H groups in total. The molecule has 0 bridgehead atoms. The molecule has 1 aromatic rings. The van der Waals surface area contributed by atoms with Gasteiger partial charge in [0, 0.05) is 6.54 Å². The van der Waals surface area contributed by atoms with Gasteiger partial charge in [0.2, 0.25) is 5.91 Å². The lowest BCUT2D eigenvalue weighted by Gasteiger charge is -2.04. The van der Waals surface area contributed by atoms with Crippen molar-refractivity contribution in [1.82, 2.24) is 20.3 Å². The quantitative estimate of drug-likeness (QED) is 0.716.